The maximum absolute atomic E-state index is 12.0. The van der Waals surface area contributed by atoms with Gasteiger partial charge in [-0.2, -0.15) is 0 Å². The Bertz CT molecular complexity index is 535. The first-order chi connectivity index (χ1) is 8.68. The minimum atomic E-state index is -1.01. The number of benzene rings is 1. The highest BCUT2D eigenvalue weighted by molar-refractivity contribution is 5.98. The summed E-state index contributed by atoms with van der Waals surface area (Å²) in [6, 6.07) is 9.88. The summed E-state index contributed by atoms with van der Waals surface area (Å²) < 4.78 is 0. The van der Waals surface area contributed by atoms with E-state index in [9.17, 15) is 9.59 Å². The van der Waals surface area contributed by atoms with Gasteiger partial charge in [-0.15, -0.1) is 0 Å². The lowest BCUT2D eigenvalue weighted by Crippen LogP contribution is -2.59. The van der Waals surface area contributed by atoms with E-state index in [-0.39, 0.29) is 23.6 Å². The van der Waals surface area contributed by atoms with Crippen LogP contribution in [0, 0.1) is 5.92 Å². The molecule has 18 heavy (non-hydrogen) atoms. The van der Waals surface area contributed by atoms with E-state index >= 15 is 0 Å². The molecular weight excluding hydrogens is 230 g/mol. The Hall–Kier alpha value is -2.10. The molecule has 0 bridgehead atoms. The third-order valence-electron chi connectivity index (χ3n) is 3.68. The van der Waals surface area contributed by atoms with Crippen molar-refractivity contribution < 1.29 is 14.7 Å². The van der Waals surface area contributed by atoms with Crippen LogP contribution in [0.4, 0.5) is 0 Å². The zero-order valence-electron chi connectivity index (χ0n) is 9.74. The number of carboxylic acids is 1. The van der Waals surface area contributed by atoms with Crippen molar-refractivity contribution in [2.45, 2.75) is 18.9 Å². The van der Waals surface area contributed by atoms with E-state index in [1.165, 1.54) is 4.90 Å². The van der Waals surface area contributed by atoms with E-state index in [0.29, 0.717) is 12.8 Å². The van der Waals surface area contributed by atoms with Crippen LogP contribution in [0.5, 0.6) is 0 Å². The van der Waals surface area contributed by atoms with Crippen LogP contribution >= 0.6 is 0 Å². The van der Waals surface area contributed by atoms with Crippen LogP contribution in [0.15, 0.2) is 42.1 Å². The predicted molar refractivity (Wildman–Crippen MR) is 64.6 cm³/mol. The molecule has 0 aliphatic carbocycles. The monoisotopic (exact) mass is 243 g/mol. The average molecular weight is 243 g/mol. The number of β-lactam (4-membered cyclic amide) rings is 1. The fourth-order valence-electron chi connectivity index (χ4n) is 2.78. The number of fused-ring (bicyclic) bond motifs is 1. The third kappa shape index (κ3) is 1.53. The molecule has 0 radical (unpaired) electrons. The third-order valence-corrected chi connectivity index (χ3v) is 3.68. The van der Waals surface area contributed by atoms with Gasteiger partial charge in [0.25, 0.3) is 0 Å². The summed E-state index contributed by atoms with van der Waals surface area (Å²) in [4.78, 5) is 24.4. The number of carbonyl (C=O) groups excluding carboxylic acids is 1. The second-order valence-corrected chi connectivity index (χ2v) is 4.70. The lowest BCUT2D eigenvalue weighted by Gasteiger charge is -2.43. The summed E-state index contributed by atoms with van der Waals surface area (Å²) in [6.45, 7) is 0. The molecule has 3 rings (SSSR count). The Labute approximate surface area is 105 Å². The van der Waals surface area contributed by atoms with Crippen LogP contribution in [0.2, 0.25) is 0 Å². The van der Waals surface area contributed by atoms with Crippen molar-refractivity contribution in [3.05, 3.63) is 47.7 Å². The van der Waals surface area contributed by atoms with Crippen LogP contribution in [0.3, 0.4) is 0 Å². The number of aliphatic carboxylic acids is 1. The molecule has 1 aromatic carbocycles. The van der Waals surface area contributed by atoms with Crippen LogP contribution in [0.1, 0.15) is 12.0 Å². The van der Waals surface area contributed by atoms with Gasteiger partial charge in [0, 0.05) is 0 Å². The lowest BCUT2D eigenvalue weighted by atomic mass is 9.82. The van der Waals surface area contributed by atoms with Crippen molar-refractivity contribution in [2.75, 3.05) is 0 Å². The van der Waals surface area contributed by atoms with E-state index < -0.39 is 5.97 Å². The van der Waals surface area contributed by atoms with E-state index in [1.807, 2.05) is 30.3 Å². The van der Waals surface area contributed by atoms with Gasteiger partial charge < -0.3 is 10.0 Å². The van der Waals surface area contributed by atoms with Crippen LogP contribution in [0.25, 0.3) is 0 Å². The SMILES string of the molecule is O=C(O)C1=CC[C@H]2C(Cc3ccccc3)C(=O)N12. The molecule has 1 aromatic rings. The van der Waals surface area contributed by atoms with E-state index in [1.54, 1.807) is 6.08 Å². The first-order valence-electron chi connectivity index (χ1n) is 5.99. The van der Waals surface area contributed by atoms with Gasteiger partial charge in [-0.25, -0.2) is 4.79 Å². The van der Waals surface area contributed by atoms with E-state index in [2.05, 4.69) is 0 Å². The van der Waals surface area contributed by atoms with Gasteiger partial charge >= 0.3 is 5.97 Å². The highest BCUT2D eigenvalue weighted by atomic mass is 16.4. The van der Waals surface area contributed by atoms with Crippen molar-refractivity contribution in [1.29, 1.82) is 0 Å². The minimum absolute atomic E-state index is 0.0452. The Balaban J connectivity index is 1.73. The van der Waals surface area contributed by atoms with Crippen molar-refractivity contribution >= 4 is 11.9 Å². The standard InChI is InChI=1S/C14H13NO3/c16-13-10(8-9-4-2-1-3-5-9)11-6-7-12(14(17)18)15(11)13/h1-5,7,10-11H,6,8H2,(H,17,18)/t10?,11-/m0/s1. The second kappa shape index (κ2) is 3.98. The van der Waals surface area contributed by atoms with Crippen molar-refractivity contribution in [1.82, 2.24) is 4.90 Å². The molecule has 1 fully saturated rings. The number of hydrogen-bond donors (Lipinski definition) is 1. The molecule has 2 aliphatic rings. The zero-order chi connectivity index (χ0) is 12.7. The molecule has 0 aromatic heterocycles. The Kier molecular flexibility index (Phi) is 2.44. The van der Waals surface area contributed by atoms with E-state index in [0.717, 1.165) is 5.56 Å². The summed E-state index contributed by atoms with van der Waals surface area (Å²) >= 11 is 0. The van der Waals surface area contributed by atoms with Crippen molar-refractivity contribution in [2.24, 2.45) is 5.92 Å². The number of carboxylic acid groups (broad SMARTS) is 1. The molecule has 4 heteroatoms. The van der Waals surface area contributed by atoms with Crippen molar-refractivity contribution in [3.8, 4) is 0 Å². The predicted octanol–water partition coefficient (Wildman–Crippen LogP) is 1.43. The molecule has 92 valence electrons. The molecular formula is C14H13NO3. The van der Waals surface area contributed by atoms with Gasteiger partial charge in [-0.1, -0.05) is 36.4 Å². The number of hydrogen-bond acceptors (Lipinski definition) is 2. The average Bonchev–Trinajstić information content (AvgIpc) is 2.77. The summed E-state index contributed by atoms with van der Waals surface area (Å²) in [6.07, 6.45) is 3.00. The van der Waals surface area contributed by atoms with Gasteiger partial charge in [0.1, 0.15) is 5.70 Å². The fourth-order valence-corrected chi connectivity index (χ4v) is 2.78. The Morgan fingerprint density at radius 1 is 1.33 bits per heavy atom. The molecule has 1 N–H and O–H groups in total. The molecule has 2 aliphatic heterocycles. The molecule has 4 nitrogen and oxygen atoms in total. The maximum Gasteiger partial charge on any atom is 0.352 e. The highest BCUT2D eigenvalue weighted by Gasteiger charge is 2.52. The van der Waals surface area contributed by atoms with Crippen LogP contribution in [-0.2, 0) is 16.0 Å². The van der Waals surface area contributed by atoms with Gasteiger partial charge in [0.05, 0.1) is 12.0 Å². The van der Waals surface area contributed by atoms with Gasteiger partial charge in [-0.05, 0) is 18.4 Å². The summed E-state index contributed by atoms with van der Waals surface area (Å²) in [5.74, 6) is -1.14. The normalized spacial score (nSPS) is 25.4. The number of carbonyl (C=O) groups is 2. The number of rotatable bonds is 3. The topological polar surface area (TPSA) is 57.6 Å². The lowest BCUT2D eigenvalue weighted by molar-refractivity contribution is -0.154. The summed E-state index contributed by atoms with van der Waals surface area (Å²) in [5, 5.41) is 8.97. The van der Waals surface area contributed by atoms with E-state index in [4.69, 9.17) is 5.11 Å². The fraction of sp³-hybridized carbons (Fsp3) is 0.286. The number of nitrogens with zero attached hydrogens (tertiary/aromatic N) is 1. The molecule has 2 heterocycles. The van der Waals surface area contributed by atoms with Crippen molar-refractivity contribution in [3.63, 3.8) is 0 Å². The maximum atomic E-state index is 12.0. The molecule has 1 saturated heterocycles. The molecule has 0 spiro atoms. The quantitative estimate of drug-likeness (QED) is 0.817. The summed E-state index contributed by atoms with van der Waals surface area (Å²) in [5.41, 5.74) is 1.27. The van der Waals surface area contributed by atoms with Crippen LogP contribution in [-0.4, -0.2) is 27.9 Å². The van der Waals surface area contributed by atoms with Gasteiger partial charge in [0.2, 0.25) is 5.91 Å². The first kappa shape index (κ1) is 11.0. The minimum Gasteiger partial charge on any atom is -0.477 e. The Morgan fingerprint density at radius 2 is 2.06 bits per heavy atom. The first-order valence-corrected chi connectivity index (χ1v) is 5.99. The zero-order valence-corrected chi connectivity index (χ0v) is 9.74. The van der Waals surface area contributed by atoms with Gasteiger partial charge in [-0.3, -0.25) is 4.79 Å². The molecule has 1 unspecified atom stereocenters. The molecule has 1 amide bonds. The summed E-state index contributed by atoms with van der Waals surface area (Å²) in [7, 11) is 0. The van der Waals surface area contributed by atoms with Gasteiger partial charge in [0.15, 0.2) is 0 Å². The highest BCUT2D eigenvalue weighted by Crippen LogP contribution is 2.40. The molecule has 0 saturated carbocycles. The second-order valence-electron chi connectivity index (χ2n) is 4.70. The smallest absolute Gasteiger partial charge is 0.352 e. The number of amides is 1. The van der Waals surface area contributed by atoms with Crippen LogP contribution < -0.4 is 0 Å². The largest absolute Gasteiger partial charge is 0.477 e. The molecule has 2 atom stereocenters. The Morgan fingerprint density at radius 3 is 2.72 bits per heavy atom.